The number of ether oxygens (including phenoxy) is 4. The van der Waals surface area contributed by atoms with Gasteiger partial charge in [0.1, 0.15) is 13.2 Å². The van der Waals surface area contributed by atoms with Crippen LogP contribution >= 0.6 is 0 Å². The van der Waals surface area contributed by atoms with E-state index in [1.807, 2.05) is 58.5 Å². The second-order valence-corrected chi connectivity index (χ2v) is 14.4. The molecule has 3 N–H and O–H groups in total. The van der Waals surface area contributed by atoms with Crippen LogP contribution in [0.3, 0.4) is 0 Å². The van der Waals surface area contributed by atoms with Gasteiger partial charge in [0.05, 0.1) is 48.8 Å². The largest absolute Gasteiger partial charge is 0.493 e. The Morgan fingerprint density at radius 1 is 0.691 bits per heavy atom. The van der Waals surface area contributed by atoms with Crippen LogP contribution in [-0.2, 0) is 39.1 Å². The Labute approximate surface area is 319 Å². The van der Waals surface area contributed by atoms with Gasteiger partial charge in [0.15, 0.2) is 23.0 Å². The van der Waals surface area contributed by atoms with Gasteiger partial charge >= 0.3 is 0 Å². The van der Waals surface area contributed by atoms with Crippen molar-refractivity contribution < 1.29 is 28.5 Å². The van der Waals surface area contributed by atoms with Gasteiger partial charge in [-0.25, -0.2) is 0 Å². The van der Waals surface area contributed by atoms with Gasteiger partial charge in [0.2, 0.25) is 0 Å². The van der Waals surface area contributed by atoms with Crippen LogP contribution in [0.5, 0.6) is 23.0 Å². The lowest BCUT2D eigenvalue weighted by Gasteiger charge is -2.35. The number of methoxy groups -OCH3 is 2. The second kappa shape index (κ2) is 14.1. The minimum absolute atomic E-state index is 0.0314. The Bertz CT molecular complexity index is 2380. The fourth-order valence-electron chi connectivity index (χ4n) is 8.15. The number of amides is 2. The number of nitrogens with two attached hydrogens (primary N) is 1. The number of benzene rings is 5. The minimum Gasteiger partial charge on any atom is -0.493 e. The Morgan fingerprint density at radius 3 is 1.95 bits per heavy atom. The van der Waals surface area contributed by atoms with E-state index in [0.29, 0.717) is 77.2 Å². The van der Waals surface area contributed by atoms with E-state index in [2.05, 4.69) is 35.6 Å². The number of hydrogen-bond acceptors (Lipinski definition) is 9. The summed E-state index contributed by atoms with van der Waals surface area (Å²) < 4.78 is 24.0. The van der Waals surface area contributed by atoms with Crippen LogP contribution in [0.25, 0.3) is 0 Å². The van der Waals surface area contributed by atoms with Gasteiger partial charge < -0.3 is 39.8 Å². The molecule has 0 unspecified atom stereocenters. The van der Waals surface area contributed by atoms with E-state index in [1.165, 1.54) is 16.7 Å². The van der Waals surface area contributed by atoms with Crippen LogP contribution in [0, 0.1) is 0 Å². The average Bonchev–Trinajstić information content (AvgIpc) is 3.42. The van der Waals surface area contributed by atoms with Gasteiger partial charge in [-0.05, 0) is 76.6 Å². The first-order chi connectivity index (χ1) is 26.8. The predicted octanol–water partition coefficient (Wildman–Crippen LogP) is 6.72. The summed E-state index contributed by atoms with van der Waals surface area (Å²) in [6, 6.07) is 29.2. The van der Waals surface area contributed by atoms with Crippen molar-refractivity contribution in [1.29, 1.82) is 0 Å². The number of carbonyl (C=O) groups is 2. The summed E-state index contributed by atoms with van der Waals surface area (Å²) in [6.45, 7) is 2.11. The lowest BCUT2D eigenvalue weighted by Crippen LogP contribution is -2.45. The molecule has 4 heterocycles. The molecule has 0 bridgehead atoms. The van der Waals surface area contributed by atoms with E-state index >= 15 is 0 Å². The van der Waals surface area contributed by atoms with Crippen molar-refractivity contribution >= 4 is 35.1 Å². The Hall–Kier alpha value is -6.49. The molecule has 0 radical (unpaired) electrons. The number of carbonyl (C=O) groups excluding carboxylic acids is 2. The molecule has 278 valence electrons. The quantitative estimate of drug-likeness (QED) is 0.168. The number of hydrogen-bond donors (Lipinski definition) is 2. The zero-order valence-electron chi connectivity index (χ0n) is 30.7. The molecule has 11 heteroatoms. The first-order valence-corrected chi connectivity index (χ1v) is 18.5. The smallest absolute Gasteiger partial charge is 0.257 e. The lowest BCUT2D eigenvalue weighted by atomic mass is 9.94. The number of rotatable bonds is 8. The monoisotopic (exact) mass is 735 g/mol. The number of nitrogen functional groups attached to an aromatic ring is 1. The van der Waals surface area contributed by atoms with Gasteiger partial charge in [-0.2, -0.15) is 0 Å². The first-order valence-electron chi connectivity index (χ1n) is 18.5. The molecule has 2 atom stereocenters. The topological polar surface area (TPSA) is 128 Å². The molecule has 55 heavy (non-hydrogen) atoms. The van der Waals surface area contributed by atoms with E-state index in [4.69, 9.17) is 29.7 Å². The summed E-state index contributed by atoms with van der Waals surface area (Å²) in [5.41, 5.74) is 15.7. The molecule has 11 nitrogen and oxygen atoms in total. The van der Waals surface area contributed by atoms with Gasteiger partial charge in [-0.1, -0.05) is 48.5 Å². The molecule has 0 saturated heterocycles. The molecule has 0 fully saturated rings. The normalized spacial score (nSPS) is 17.9. The number of anilines is 2. The van der Waals surface area contributed by atoms with Crippen LogP contribution in [0.4, 0.5) is 17.1 Å². The molecule has 4 aliphatic heterocycles. The predicted molar refractivity (Wildman–Crippen MR) is 210 cm³/mol. The van der Waals surface area contributed by atoms with E-state index in [-0.39, 0.29) is 37.1 Å². The molecule has 4 aliphatic rings. The lowest BCUT2D eigenvalue weighted by molar-refractivity contribution is 0.0659. The highest BCUT2D eigenvalue weighted by atomic mass is 16.5. The molecule has 9 rings (SSSR count). The maximum Gasteiger partial charge on any atom is 0.257 e. The van der Waals surface area contributed by atoms with Crippen molar-refractivity contribution in [2.75, 3.05) is 31.8 Å². The maximum atomic E-state index is 13.8. The van der Waals surface area contributed by atoms with Gasteiger partial charge in [-0.15, -0.1) is 0 Å². The van der Waals surface area contributed by atoms with E-state index in [0.717, 1.165) is 23.1 Å². The molecule has 5 aromatic carbocycles. The molecule has 0 aromatic heterocycles. The van der Waals surface area contributed by atoms with Crippen LogP contribution < -0.4 is 30.0 Å². The third-order valence-electron chi connectivity index (χ3n) is 11.0. The highest BCUT2D eigenvalue weighted by molar-refractivity contribution is 6.04. The van der Waals surface area contributed by atoms with Crippen molar-refractivity contribution in [3.05, 3.63) is 136 Å². The zero-order valence-corrected chi connectivity index (χ0v) is 30.7. The van der Waals surface area contributed by atoms with Gasteiger partial charge in [0, 0.05) is 43.7 Å². The molecule has 0 spiro atoms. The van der Waals surface area contributed by atoms with Crippen molar-refractivity contribution in [2.24, 2.45) is 4.99 Å². The Kier molecular flexibility index (Phi) is 8.76. The van der Waals surface area contributed by atoms with Crippen molar-refractivity contribution in [3.8, 4) is 23.0 Å². The summed E-state index contributed by atoms with van der Waals surface area (Å²) in [6.07, 6.45) is 3.37. The number of fused-ring (bicyclic) bond motifs is 6. The second-order valence-electron chi connectivity index (χ2n) is 14.4. The minimum atomic E-state index is -0.136. The van der Waals surface area contributed by atoms with E-state index < -0.39 is 0 Å². The molecule has 2 amide bonds. The molecule has 0 saturated carbocycles. The van der Waals surface area contributed by atoms with Crippen LogP contribution in [0.2, 0.25) is 0 Å². The summed E-state index contributed by atoms with van der Waals surface area (Å²) in [5.74, 6) is 1.76. The number of nitrogens with zero attached hydrogens (tertiary/aromatic N) is 3. The van der Waals surface area contributed by atoms with E-state index in [1.54, 1.807) is 32.4 Å². The fraction of sp³-hybridized carbons (Fsp3) is 0.250. The summed E-state index contributed by atoms with van der Waals surface area (Å²) in [4.78, 5) is 36.2. The van der Waals surface area contributed by atoms with Crippen LogP contribution in [0.15, 0.2) is 96.0 Å². The van der Waals surface area contributed by atoms with Crippen molar-refractivity contribution in [1.82, 2.24) is 9.80 Å². The standard InChI is InChI=1S/C44H41N5O6/c1-52-39-16-35-37(46-20-33-14-28-7-3-5-9-30(28)22-48(33)43(35)50)18-41(39)54-24-26-11-27(13-32(45)12-26)25-55-42-19-38-36(17-40(42)53-2)44(51)49-23-31-10-6-4-8-29(31)15-34(49)21-47-38/h3-13,16-20,33-34,47H,14-15,21-25,45H2,1-2H3/t33-,34-/m0/s1. The third-order valence-corrected chi connectivity index (χ3v) is 11.0. The van der Waals surface area contributed by atoms with Crippen molar-refractivity contribution in [2.45, 2.75) is 51.2 Å². The Balaban J connectivity index is 0.905. The number of nitrogens with one attached hydrogen (secondary N) is 1. The molecule has 0 aliphatic carbocycles. The maximum absolute atomic E-state index is 13.8. The average molecular weight is 736 g/mol. The molecule has 5 aromatic rings. The van der Waals surface area contributed by atoms with Gasteiger partial charge in [-0.3, -0.25) is 14.6 Å². The Morgan fingerprint density at radius 2 is 1.27 bits per heavy atom. The van der Waals surface area contributed by atoms with Crippen molar-refractivity contribution in [3.63, 3.8) is 0 Å². The summed E-state index contributed by atoms with van der Waals surface area (Å²) in [5, 5.41) is 3.50. The van der Waals surface area contributed by atoms with Gasteiger partial charge in [0.25, 0.3) is 11.8 Å². The highest BCUT2D eigenvalue weighted by Crippen LogP contribution is 2.40. The fourth-order valence-corrected chi connectivity index (χ4v) is 8.15. The van der Waals surface area contributed by atoms with E-state index in [9.17, 15) is 9.59 Å². The number of aliphatic imine (C=N–C) groups is 1. The SMILES string of the molecule is COc1cc2c(cc1OCc1cc(N)cc(COc3cc4c(cc3OC)C(=O)N3Cc5ccccc5C[C@H]3CN4)c1)N=C[C@@H]1Cc3ccccc3CN1C2=O. The molecular formula is C44H41N5O6. The highest BCUT2D eigenvalue weighted by Gasteiger charge is 2.35. The van der Waals surface area contributed by atoms with Crippen LogP contribution in [0.1, 0.15) is 54.1 Å². The first kappa shape index (κ1) is 34.3. The third kappa shape index (κ3) is 6.45. The zero-order chi connectivity index (χ0) is 37.6. The summed E-state index contributed by atoms with van der Waals surface area (Å²) in [7, 11) is 3.13. The summed E-state index contributed by atoms with van der Waals surface area (Å²) >= 11 is 0. The van der Waals surface area contributed by atoms with Crippen LogP contribution in [-0.4, -0.2) is 60.7 Å². The molecular weight excluding hydrogens is 695 g/mol.